The number of unbranched alkanes of at least 4 members (excludes halogenated alkanes) is 4. The Hall–Kier alpha value is -1.83. The molecule has 0 bridgehead atoms. The molecular weight excluding hydrogens is 282 g/mol. The Morgan fingerprint density at radius 3 is 2.26 bits per heavy atom. The van der Waals surface area contributed by atoms with E-state index in [0.717, 1.165) is 36.5 Å². The van der Waals surface area contributed by atoms with E-state index in [0.29, 0.717) is 0 Å². The summed E-state index contributed by atoms with van der Waals surface area (Å²) in [6, 6.07) is 12.5. The molecule has 0 unspecified atom stereocenters. The van der Waals surface area contributed by atoms with Crippen LogP contribution in [0.2, 0.25) is 0 Å². The molecule has 0 aliphatic rings. The highest BCUT2D eigenvalue weighted by Gasteiger charge is 2.01. The number of rotatable bonds is 10. The monoisotopic (exact) mass is 311 g/mol. The molecule has 0 radical (unpaired) electrons. The third kappa shape index (κ3) is 6.05. The summed E-state index contributed by atoms with van der Waals surface area (Å²) < 4.78 is 5.62. The molecule has 0 N–H and O–H groups in total. The molecule has 2 nitrogen and oxygen atoms in total. The predicted octanol–water partition coefficient (Wildman–Crippen LogP) is 6.05. The zero-order valence-electron chi connectivity index (χ0n) is 14.6. The first kappa shape index (κ1) is 17.5. The van der Waals surface area contributed by atoms with Crippen molar-refractivity contribution in [2.45, 2.75) is 58.8 Å². The van der Waals surface area contributed by atoms with Crippen molar-refractivity contribution in [3.05, 3.63) is 48.2 Å². The molecule has 0 atom stereocenters. The van der Waals surface area contributed by atoms with Crippen LogP contribution in [0.4, 0.5) is 0 Å². The Labute approximate surface area is 140 Å². The maximum Gasteiger partial charge on any atom is 0.119 e. The van der Waals surface area contributed by atoms with Crippen molar-refractivity contribution in [1.82, 2.24) is 4.98 Å². The highest BCUT2D eigenvalue weighted by molar-refractivity contribution is 5.60. The Morgan fingerprint density at radius 2 is 1.61 bits per heavy atom. The Morgan fingerprint density at radius 1 is 0.826 bits per heavy atom. The van der Waals surface area contributed by atoms with Crippen LogP contribution in [0.15, 0.2) is 42.6 Å². The van der Waals surface area contributed by atoms with Crippen LogP contribution in [-0.4, -0.2) is 11.6 Å². The van der Waals surface area contributed by atoms with E-state index in [4.69, 9.17) is 4.74 Å². The molecule has 1 heterocycles. The maximum absolute atomic E-state index is 5.62. The van der Waals surface area contributed by atoms with Crippen LogP contribution < -0.4 is 4.74 Å². The van der Waals surface area contributed by atoms with Gasteiger partial charge in [0.2, 0.25) is 0 Å². The van der Waals surface area contributed by atoms with E-state index in [1.807, 2.05) is 18.3 Å². The zero-order chi connectivity index (χ0) is 16.3. The molecule has 2 rings (SSSR count). The molecule has 0 aliphatic heterocycles. The van der Waals surface area contributed by atoms with Crippen molar-refractivity contribution < 1.29 is 4.74 Å². The Balaban J connectivity index is 1.86. The largest absolute Gasteiger partial charge is 0.494 e. The summed E-state index contributed by atoms with van der Waals surface area (Å²) in [4.78, 5) is 4.62. The van der Waals surface area contributed by atoms with Crippen LogP contribution in [0.3, 0.4) is 0 Å². The van der Waals surface area contributed by atoms with Gasteiger partial charge in [-0.3, -0.25) is 4.98 Å². The lowest BCUT2D eigenvalue weighted by molar-refractivity contribution is 0.317. The van der Waals surface area contributed by atoms with Crippen LogP contribution >= 0.6 is 0 Å². The lowest BCUT2D eigenvalue weighted by Crippen LogP contribution is -1.94. The number of aromatic nitrogens is 1. The third-order valence-electron chi connectivity index (χ3n) is 4.02. The number of hydrogen-bond acceptors (Lipinski definition) is 2. The van der Waals surface area contributed by atoms with Crippen molar-refractivity contribution in [1.29, 1.82) is 0 Å². The van der Waals surface area contributed by atoms with E-state index in [2.05, 4.69) is 43.1 Å². The van der Waals surface area contributed by atoms with Crippen molar-refractivity contribution in [3.63, 3.8) is 0 Å². The first-order valence-corrected chi connectivity index (χ1v) is 9.01. The molecule has 23 heavy (non-hydrogen) atoms. The van der Waals surface area contributed by atoms with Crippen LogP contribution in [0.25, 0.3) is 11.3 Å². The van der Waals surface area contributed by atoms with E-state index >= 15 is 0 Å². The smallest absolute Gasteiger partial charge is 0.119 e. The normalized spacial score (nSPS) is 10.7. The van der Waals surface area contributed by atoms with Gasteiger partial charge in [-0.2, -0.15) is 0 Å². The minimum atomic E-state index is 0.768. The van der Waals surface area contributed by atoms with Gasteiger partial charge >= 0.3 is 0 Å². The van der Waals surface area contributed by atoms with Gasteiger partial charge in [-0.15, -0.1) is 0 Å². The summed E-state index contributed by atoms with van der Waals surface area (Å²) in [5, 5.41) is 0. The van der Waals surface area contributed by atoms with Gasteiger partial charge in [0, 0.05) is 11.8 Å². The number of nitrogens with zero attached hydrogens (tertiary/aromatic N) is 1. The van der Waals surface area contributed by atoms with Crippen molar-refractivity contribution in [2.24, 2.45) is 0 Å². The molecule has 0 amide bonds. The summed E-state index contributed by atoms with van der Waals surface area (Å²) >= 11 is 0. The van der Waals surface area contributed by atoms with Gasteiger partial charge in [-0.05, 0) is 55.2 Å². The summed E-state index contributed by atoms with van der Waals surface area (Å²) in [7, 11) is 0. The molecule has 1 aromatic carbocycles. The molecule has 0 saturated carbocycles. The van der Waals surface area contributed by atoms with Gasteiger partial charge in [0.25, 0.3) is 0 Å². The first-order valence-electron chi connectivity index (χ1n) is 9.01. The standard InChI is InChI=1S/C21H29NO/c1-3-5-6-7-8-9-18-10-15-21(22-17-18)19-11-13-20(14-12-19)23-16-4-2/h10-15,17H,3-9,16H2,1-2H3. The number of benzene rings is 1. The molecule has 124 valence electrons. The van der Waals surface area contributed by atoms with E-state index in [1.165, 1.54) is 37.7 Å². The average Bonchev–Trinajstić information content (AvgIpc) is 2.61. The summed E-state index contributed by atoms with van der Waals surface area (Å²) in [6.45, 7) is 5.14. The second-order valence-electron chi connectivity index (χ2n) is 6.09. The topological polar surface area (TPSA) is 22.1 Å². The number of pyridine rings is 1. The molecule has 0 fully saturated rings. The van der Waals surface area contributed by atoms with Crippen molar-refractivity contribution in [3.8, 4) is 17.0 Å². The van der Waals surface area contributed by atoms with Gasteiger partial charge in [0.15, 0.2) is 0 Å². The number of hydrogen-bond donors (Lipinski definition) is 0. The summed E-state index contributed by atoms with van der Waals surface area (Å²) in [5.74, 6) is 0.930. The second kappa shape index (κ2) is 10.0. The number of ether oxygens (including phenoxy) is 1. The van der Waals surface area contributed by atoms with Gasteiger partial charge in [0.05, 0.1) is 12.3 Å². The van der Waals surface area contributed by atoms with Crippen LogP contribution in [0.1, 0.15) is 57.9 Å². The lowest BCUT2D eigenvalue weighted by atomic mass is 10.1. The Kier molecular flexibility index (Phi) is 7.65. The molecule has 0 aliphatic carbocycles. The van der Waals surface area contributed by atoms with E-state index in [-0.39, 0.29) is 0 Å². The highest BCUT2D eigenvalue weighted by Crippen LogP contribution is 2.21. The predicted molar refractivity (Wildman–Crippen MR) is 97.9 cm³/mol. The minimum absolute atomic E-state index is 0.768. The summed E-state index contributed by atoms with van der Waals surface area (Å²) in [5.41, 5.74) is 3.51. The molecular formula is C21H29NO. The van der Waals surface area contributed by atoms with Gasteiger partial charge < -0.3 is 4.74 Å². The second-order valence-corrected chi connectivity index (χ2v) is 6.09. The van der Waals surface area contributed by atoms with E-state index < -0.39 is 0 Å². The molecule has 2 aromatic rings. The van der Waals surface area contributed by atoms with Crippen LogP contribution in [0.5, 0.6) is 5.75 Å². The first-order chi connectivity index (χ1) is 11.3. The molecule has 1 aromatic heterocycles. The van der Waals surface area contributed by atoms with Crippen molar-refractivity contribution >= 4 is 0 Å². The number of aryl methyl sites for hydroxylation is 1. The molecule has 2 heteroatoms. The van der Waals surface area contributed by atoms with Gasteiger partial charge in [-0.1, -0.05) is 45.6 Å². The SMILES string of the molecule is CCCCCCCc1ccc(-c2ccc(OCCC)cc2)nc1. The summed E-state index contributed by atoms with van der Waals surface area (Å²) in [6.07, 6.45) is 10.8. The fourth-order valence-corrected chi connectivity index (χ4v) is 2.62. The lowest BCUT2D eigenvalue weighted by Gasteiger charge is -2.07. The third-order valence-corrected chi connectivity index (χ3v) is 4.02. The van der Waals surface area contributed by atoms with E-state index in [1.54, 1.807) is 0 Å². The quantitative estimate of drug-likeness (QED) is 0.498. The minimum Gasteiger partial charge on any atom is -0.494 e. The Bertz CT molecular complexity index is 545. The maximum atomic E-state index is 5.62. The molecule has 0 saturated heterocycles. The van der Waals surface area contributed by atoms with Crippen molar-refractivity contribution in [2.75, 3.05) is 6.61 Å². The fraction of sp³-hybridized carbons (Fsp3) is 0.476. The zero-order valence-corrected chi connectivity index (χ0v) is 14.6. The van der Waals surface area contributed by atoms with Crippen LogP contribution in [0, 0.1) is 0 Å². The van der Waals surface area contributed by atoms with Gasteiger partial charge in [-0.25, -0.2) is 0 Å². The highest BCUT2D eigenvalue weighted by atomic mass is 16.5. The van der Waals surface area contributed by atoms with Crippen LogP contribution in [-0.2, 0) is 6.42 Å². The average molecular weight is 311 g/mol. The fourth-order valence-electron chi connectivity index (χ4n) is 2.62. The molecule has 0 spiro atoms. The van der Waals surface area contributed by atoms with E-state index in [9.17, 15) is 0 Å². The van der Waals surface area contributed by atoms with Gasteiger partial charge in [0.1, 0.15) is 5.75 Å².